The Morgan fingerprint density at radius 1 is 1.45 bits per heavy atom. The number of aromatic nitrogens is 2. The number of nitrogens with zero attached hydrogens (tertiary/aromatic N) is 3. The summed E-state index contributed by atoms with van der Waals surface area (Å²) in [4.78, 5) is 12.1. The predicted octanol–water partition coefficient (Wildman–Crippen LogP) is 2.48. The fourth-order valence-electron chi connectivity index (χ4n) is 3.15. The van der Waals surface area contributed by atoms with Gasteiger partial charge >= 0.3 is 5.97 Å². The Labute approximate surface area is 130 Å². The second-order valence-electron chi connectivity index (χ2n) is 6.20. The first kappa shape index (κ1) is 15.0. The standard InChI is InChI=1S/C16H21N3O3/c17-11-16(6-9-21-10-7-16)12-22-15(20)14-5-8-19(18-14)13-3-1-2-4-13/h5,8,13H,1-4,6-7,9-10,12H2. The Balaban J connectivity index is 1.58. The lowest BCUT2D eigenvalue weighted by atomic mass is 9.83. The predicted molar refractivity (Wildman–Crippen MR) is 78.1 cm³/mol. The highest BCUT2D eigenvalue weighted by atomic mass is 16.5. The molecule has 3 rings (SSSR count). The molecule has 2 aliphatic rings. The molecule has 22 heavy (non-hydrogen) atoms. The summed E-state index contributed by atoms with van der Waals surface area (Å²) in [5.74, 6) is -0.446. The smallest absolute Gasteiger partial charge is 0.358 e. The molecule has 1 saturated heterocycles. The van der Waals surface area contributed by atoms with Crippen molar-refractivity contribution in [3.05, 3.63) is 18.0 Å². The van der Waals surface area contributed by atoms with E-state index in [0.29, 0.717) is 37.8 Å². The van der Waals surface area contributed by atoms with E-state index in [1.807, 2.05) is 10.9 Å². The highest BCUT2D eigenvalue weighted by Gasteiger charge is 2.34. The molecule has 1 aromatic heterocycles. The summed E-state index contributed by atoms with van der Waals surface area (Å²) in [6, 6.07) is 4.39. The van der Waals surface area contributed by atoms with Crippen molar-refractivity contribution in [3.8, 4) is 6.07 Å². The van der Waals surface area contributed by atoms with Crippen molar-refractivity contribution >= 4 is 5.97 Å². The first-order valence-electron chi connectivity index (χ1n) is 7.94. The van der Waals surface area contributed by atoms with Crippen LogP contribution < -0.4 is 0 Å². The second-order valence-corrected chi connectivity index (χ2v) is 6.20. The summed E-state index contributed by atoms with van der Waals surface area (Å²) in [5.41, 5.74) is -0.283. The van der Waals surface area contributed by atoms with Crippen LogP contribution in [0.2, 0.25) is 0 Å². The van der Waals surface area contributed by atoms with E-state index in [1.54, 1.807) is 6.07 Å². The van der Waals surface area contributed by atoms with Crippen LogP contribution in [0.25, 0.3) is 0 Å². The Bertz CT molecular complexity index is 563. The number of carbonyl (C=O) groups is 1. The summed E-state index contributed by atoms with van der Waals surface area (Å²) in [6.45, 7) is 1.20. The average Bonchev–Trinajstić information content (AvgIpc) is 3.24. The van der Waals surface area contributed by atoms with E-state index in [9.17, 15) is 10.1 Å². The van der Waals surface area contributed by atoms with Crippen molar-refractivity contribution in [3.63, 3.8) is 0 Å². The van der Waals surface area contributed by atoms with Crippen LogP contribution in [-0.2, 0) is 9.47 Å². The summed E-state index contributed by atoms with van der Waals surface area (Å²) in [7, 11) is 0. The molecule has 0 spiro atoms. The highest BCUT2D eigenvalue weighted by Crippen LogP contribution is 2.31. The first-order chi connectivity index (χ1) is 10.7. The van der Waals surface area contributed by atoms with Gasteiger partial charge in [-0.25, -0.2) is 4.79 Å². The van der Waals surface area contributed by atoms with Gasteiger partial charge in [-0.2, -0.15) is 10.4 Å². The van der Waals surface area contributed by atoms with Gasteiger partial charge in [-0.15, -0.1) is 0 Å². The monoisotopic (exact) mass is 303 g/mol. The van der Waals surface area contributed by atoms with E-state index < -0.39 is 11.4 Å². The molecule has 0 unspecified atom stereocenters. The molecule has 0 radical (unpaired) electrons. The van der Waals surface area contributed by atoms with Gasteiger partial charge in [0.2, 0.25) is 0 Å². The molecule has 1 saturated carbocycles. The zero-order valence-electron chi connectivity index (χ0n) is 12.7. The van der Waals surface area contributed by atoms with Gasteiger partial charge in [-0.3, -0.25) is 4.68 Å². The van der Waals surface area contributed by atoms with Gasteiger partial charge in [0.05, 0.1) is 17.5 Å². The van der Waals surface area contributed by atoms with Crippen molar-refractivity contribution in [2.24, 2.45) is 5.41 Å². The van der Waals surface area contributed by atoms with Crippen LogP contribution in [0.15, 0.2) is 12.3 Å². The van der Waals surface area contributed by atoms with Crippen molar-refractivity contribution in [1.29, 1.82) is 5.26 Å². The maximum atomic E-state index is 12.1. The number of ether oxygens (including phenoxy) is 2. The third-order valence-corrected chi connectivity index (χ3v) is 4.68. The molecule has 2 fully saturated rings. The number of hydrogen-bond acceptors (Lipinski definition) is 5. The van der Waals surface area contributed by atoms with Crippen molar-refractivity contribution in [1.82, 2.24) is 9.78 Å². The number of rotatable bonds is 4. The Morgan fingerprint density at radius 3 is 2.86 bits per heavy atom. The number of hydrogen-bond donors (Lipinski definition) is 0. The molecule has 6 heteroatoms. The van der Waals surface area contributed by atoms with Gasteiger partial charge in [-0.1, -0.05) is 12.8 Å². The second kappa shape index (κ2) is 6.49. The van der Waals surface area contributed by atoms with Gasteiger partial charge < -0.3 is 9.47 Å². The molecule has 0 bridgehead atoms. The minimum Gasteiger partial charge on any atom is -0.459 e. The van der Waals surface area contributed by atoms with Gasteiger partial charge in [0.15, 0.2) is 5.69 Å². The quantitative estimate of drug-likeness (QED) is 0.799. The molecule has 0 N–H and O–H groups in total. The van der Waals surface area contributed by atoms with Crippen LogP contribution in [0.1, 0.15) is 55.1 Å². The van der Waals surface area contributed by atoms with Gasteiger partial charge in [-0.05, 0) is 31.7 Å². The number of esters is 1. The van der Waals surface area contributed by atoms with Crippen LogP contribution in [-0.4, -0.2) is 35.6 Å². The lowest BCUT2D eigenvalue weighted by Gasteiger charge is -2.29. The van der Waals surface area contributed by atoms with Crippen LogP contribution in [0.3, 0.4) is 0 Å². The molecular formula is C16H21N3O3. The highest BCUT2D eigenvalue weighted by molar-refractivity contribution is 5.87. The molecule has 2 heterocycles. The Hall–Kier alpha value is -1.87. The van der Waals surface area contributed by atoms with Gasteiger partial charge in [0.1, 0.15) is 6.61 Å². The lowest BCUT2D eigenvalue weighted by molar-refractivity contribution is -0.00501. The van der Waals surface area contributed by atoms with E-state index in [0.717, 1.165) is 12.8 Å². The molecule has 0 atom stereocenters. The Kier molecular flexibility index (Phi) is 4.44. The van der Waals surface area contributed by atoms with Crippen LogP contribution in [0, 0.1) is 16.7 Å². The summed E-state index contributed by atoms with van der Waals surface area (Å²) >= 11 is 0. The van der Waals surface area contributed by atoms with E-state index >= 15 is 0 Å². The average molecular weight is 303 g/mol. The molecular weight excluding hydrogens is 282 g/mol. The molecule has 118 valence electrons. The third kappa shape index (κ3) is 3.14. The maximum absolute atomic E-state index is 12.1. The topological polar surface area (TPSA) is 77.1 Å². The summed E-state index contributed by atoms with van der Waals surface area (Å²) in [6.07, 6.45) is 7.73. The summed E-state index contributed by atoms with van der Waals surface area (Å²) in [5, 5.41) is 13.7. The minimum absolute atomic E-state index is 0.113. The Morgan fingerprint density at radius 2 is 2.18 bits per heavy atom. The number of carbonyl (C=O) groups excluding carboxylic acids is 1. The molecule has 1 aliphatic carbocycles. The third-order valence-electron chi connectivity index (χ3n) is 4.68. The summed E-state index contributed by atoms with van der Waals surface area (Å²) < 4.78 is 12.5. The zero-order valence-corrected chi connectivity index (χ0v) is 12.7. The van der Waals surface area contributed by atoms with E-state index in [1.165, 1.54) is 12.8 Å². The van der Waals surface area contributed by atoms with E-state index in [-0.39, 0.29) is 6.61 Å². The zero-order chi connectivity index (χ0) is 15.4. The van der Waals surface area contributed by atoms with Crippen LogP contribution in [0.4, 0.5) is 0 Å². The van der Waals surface area contributed by atoms with Crippen LogP contribution in [0.5, 0.6) is 0 Å². The minimum atomic E-state index is -0.609. The fraction of sp³-hybridized carbons (Fsp3) is 0.688. The van der Waals surface area contributed by atoms with E-state index in [2.05, 4.69) is 11.2 Å². The molecule has 1 aliphatic heterocycles. The fourth-order valence-corrected chi connectivity index (χ4v) is 3.15. The molecule has 1 aromatic rings. The van der Waals surface area contributed by atoms with Gasteiger partial charge in [0.25, 0.3) is 0 Å². The van der Waals surface area contributed by atoms with Crippen molar-refractivity contribution < 1.29 is 14.3 Å². The normalized spacial score (nSPS) is 21.4. The molecule has 0 aromatic carbocycles. The maximum Gasteiger partial charge on any atom is 0.358 e. The SMILES string of the molecule is N#CC1(COC(=O)c2ccn(C3CCCC3)n2)CCOCC1. The van der Waals surface area contributed by atoms with Crippen molar-refractivity contribution in [2.75, 3.05) is 19.8 Å². The molecule has 6 nitrogen and oxygen atoms in total. The number of nitriles is 1. The van der Waals surface area contributed by atoms with Gasteiger partial charge in [0, 0.05) is 19.4 Å². The largest absolute Gasteiger partial charge is 0.459 e. The first-order valence-corrected chi connectivity index (χ1v) is 7.94. The molecule has 0 amide bonds. The van der Waals surface area contributed by atoms with Crippen LogP contribution >= 0.6 is 0 Å². The lowest BCUT2D eigenvalue weighted by Crippen LogP contribution is -2.33. The van der Waals surface area contributed by atoms with E-state index in [4.69, 9.17) is 9.47 Å². The van der Waals surface area contributed by atoms with Crippen molar-refractivity contribution in [2.45, 2.75) is 44.6 Å².